The average molecular weight is 175 g/mol. The quantitative estimate of drug-likeness (QED) is 0.682. The first-order chi connectivity index (χ1) is 6.29. The lowest BCUT2D eigenvalue weighted by Gasteiger charge is -2.19. The van der Waals surface area contributed by atoms with Gasteiger partial charge in [0.05, 0.1) is 0 Å². The van der Waals surface area contributed by atoms with Gasteiger partial charge in [0.2, 0.25) is 0 Å². The van der Waals surface area contributed by atoms with Crippen LogP contribution in [0.2, 0.25) is 0 Å². The molecular formula is C12H17N. The molecule has 1 rings (SSSR count). The van der Waals surface area contributed by atoms with Crippen molar-refractivity contribution in [1.29, 1.82) is 0 Å². The van der Waals surface area contributed by atoms with Crippen molar-refractivity contribution in [3.8, 4) is 0 Å². The molecule has 0 unspecified atom stereocenters. The van der Waals surface area contributed by atoms with Crippen LogP contribution in [0, 0.1) is 0 Å². The minimum Gasteiger partial charge on any atom is -0.374 e. The zero-order chi connectivity index (χ0) is 9.68. The van der Waals surface area contributed by atoms with Gasteiger partial charge in [0, 0.05) is 19.3 Å². The number of rotatable bonds is 3. The lowest BCUT2D eigenvalue weighted by molar-refractivity contribution is 0.966. The van der Waals surface area contributed by atoms with E-state index in [1.54, 1.807) is 0 Å². The predicted molar refractivity (Wildman–Crippen MR) is 60.1 cm³/mol. The number of hydrogen-bond donors (Lipinski definition) is 0. The first kappa shape index (κ1) is 9.85. The van der Waals surface area contributed by atoms with Crippen LogP contribution in [-0.4, -0.2) is 13.6 Å². The maximum absolute atomic E-state index is 2.25. The Hall–Kier alpha value is -1.24. The molecule has 1 aromatic carbocycles. The van der Waals surface area contributed by atoms with E-state index in [4.69, 9.17) is 0 Å². The van der Waals surface area contributed by atoms with E-state index in [9.17, 15) is 0 Å². The van der Waals surface area contributed by atoms with Crippen LogP contribution in [0.4, 0.5) is 5.69 Å². The molecule has 0 atom stereocenters. The van der Waals surface area contributed by atoms with E-state index in [0.717, 1.165) is 6.54 Å². The van der Waals surface area contributed by atoms with Crippen LogP contribution in [0.1, 0.15) is 19.4 Å². The van der Waals surface area contributed by atoms with Gasteiger partial charge in [0.1, 0.15) is 0 Å². The highest BCUT2D eigenvalue weighted by atomic mass is 15.1. The number of hydrogen-bond acceptors (Lipinski definition) is 1. The summed E-state index contributed by atoms with van der Waals surface area (Å²) in [6, 6.07) is 8.44. The van der Waals surface area contributed by atoms with Crippen molar-refractivity contribution in [3.05, 3.63) is 35.9 Å². The minimum atomic E-state index is 1.04. The van der Waals surface area contributed by atoms with Gasteiger partial charge in [-0.2, -0.15) is 0 Å². The van der Waals surface area contributed by atoms with E-state index in [2.05, 4.69) is 55.3 Å². The van der Waals surface area contributed by atoms with Crippen LogP contribution >= 0.6 is 0 Å². The summed E-state index contributed by atoms with van der Waals surface area (Å²) in [5.41, 5.74) is 2.58. The van der Waals surface area contributed by atoms with Gasteiger partial charge >= 0.3 is 0 Å². The van der Waals surface area contributed by atoms with Gasteiger partial charge in [-0.25, -0.2) is 0 Å². The SMILES string of the molecule is CC=Cc1ccccc1N(C)CC. The van der Waals surface area contributed by atoms with Gasteiger partial charge in [0.25, 0.3) is 0 Å². The molecule has 0 aromatic heterocycles. The van der Waals surface area contributed by atoms with E-state index in [-0.39, 0.29) is 0 Å². The van der Waals surface area contributed by atoms with Gasteiger partial charge < -0.3 is 4.90 Å². The van der Waals surface area contributed by atoms with Crippen molar-refractivity contribution < 1.29 is 0 Å². The second-order valence-electron chi connectivity index (χ2n) is 3.07. The Kier molecular flexibility index (Phi) is 3.56. The zero-order valence-corrected chi connectivity index (χ0v) is 8.62. The molecule has 0 aliphatic carbocycles. The zero-order valence-electron chi connectivity index (χ0n) is 8.62. The molecule has 0 bridgehead atoms. The van der Waals surface area contributed by atoms with Crippen molar-refractivity contribution in [1.82, 2.24) is 0 Å². The molecule has 0 heterocycles. The number of nitrogens with zero attached hydrogens (tertiary/aromatic N) is 1. The highest BCUT2D eigenvalue weighted by Gasteiger charge is 2.00. The third-order valence-corrected chi connectivity index (χ3v) is 2.17. The van der Waals surface area contributed by atoms with Crippen LogP contribution in [0.5, 0.6) is 0 Å². The molecule has 0 amide bonds. The molecule has 0 aliphatic heterocycles. The van der Waals surface area contributed by atoms with Crippen LogP contribution in [0.3, 0.4) is 0 Å². The molecule has 0 spiro atoms. The summed E-state index contributed by atoms with van der Waals surface area (Å²) < 4.78 is 0. The Morgan fingerprint density at radius 2 is 2.00 bits per heavy atom. The molecule has 13 heavy (non-hydrogen) atoms. The smallest absolute Gasteiger partial charge is 0.0437 e. The Morgan fingerprint density at radius 1 is 1.31 bits per heavy atom. The number of allylic oxidation sites excluding steroid dienone is 1. The molecule has 0 aliphatic rings. The second kappa shape index (κ2) is 4.70. The van der Waals surface area contributed by atoms with Crippen molar-refractivity contribution in [3.63, 3.8) is 0 Å². The summed E-state index contributed by atoms with van der Waals surface area (Å²) >= 11 is 0. The highest BCUT2D eigenvalue weighted by Crippen LogP contribution is 2.19. The highest BCUT2D eigenvalue weighted by molar-refractivity contribution is 5.67. The Bertz CT molecular complexity index is 289. The monoisotopic (exact) mass is 175 g/mol. The van der Waals surface area contributed by atoms with Crippen molar-refractivity contribution in [2.45, 2.75) is 13.8 Å². The lowest BCUT2D eigenvalue weighted by atomic mass is 10.1. The maximum atomic E-state index is 2.25. The van der Waals surface area contributed by atoms with Gasteiger partial charge in [0.15, 0.2) is 0 Å². The van der Waals surface area contributed by atoms with Crippen molar-refractivity contribution in [2.24, 2.45) is 0 Å². The molecule has 0 N–H and O–H groups in total. The summed E-state index contributed by atoms with van der Waals surface area (Å²) in [4.78, 5) is 2.25. The largest absolute Gasteiger partial charge is 0.374 e. The Labute approximate surface area is 80.7 Å². The summed E-state index contributed by atoms with van der Waals surface area (Å²) in [5, 5.41) is 0. The number of benzene rings is 1. The maximum Gasteiger partial charge on any atom is 0.0437 e. The van der Waals surface area contributed by atoms with Crippen LogP contribution in [0.15, 0.2) is 30.3 Å². The lowest BCUT2D eigenvalue weighted by Crippen LogP contribution is -2.16. The van der Waals surface area contributed by atoms with Crippen LogP contribution < -0.4 is 4.90 Å². The summed E-state index contributed by atoms with van der Waals surface area (Å²) in [6.45, 7) is 5.24. The van der Waals surface area contributed by atoms with E-state index >= 15 is 0 Å². The number of para-hydroxylation sites is 1. The molecule has 1 nitrogen and oxygen atoms in total. The Morgan fingerprint density at radius 3 is 2.62 bits per heavy atom. The topological polar surface area (TPSA) is 3.24 Å². The third-order valence-electron chi connectivity index (χ3n) is 2.17. The molecule has 0 saturated carbocycles. The number of anilines is 1. The first-order valence-electron chi connectivity index (χ1n) is 4.72. The normalized spacial score (nSPS) is 10.7. The first-order valence-corrected chi connectivity index (χ1v) is 4.72. The fourth-order valence-electron chi connectivity index (χ4n) is 1.33. The fourth-order valence-corrected chi connectivity index (χ4v) is 1.33. The third kappa shape index (κ3) is 2.35. The fraction of sp³-hybridized carbons (Fsp3) is 0.333. The van der Waals surface area contributed by atoms with Gasteiger partial charge in [-0.3, -0.25) is 0 Å². The van der Waals surface area contributed by atoms with E-state index < -0.39 is 0 Å². The van der Waals surface area contributed by atoms with E-state index in [0.29, 0.717) is 0 Å². The van der Waals surface area contributed by atoms with Crippen molar-refractivity contribution >= 4 is 11.8 Å². The molecule has 1 aromatic rings. The van der Waals surface area contributed by atoms with E-state index in [1.807, 2.05) is 6.92 Å². The predicted octanol–water partition coefficient (Wildman–Crippen LogP) is 3.18. The van der Waals surface area contributed by atoms with Crippen molar-refractivity contribution in [2.75, 3.05) is 18.5 Å². The molecular weight excluding hydrogens is 158 g/mol. The van der Waals surface area contributed by atoms with E-state index in [1.165, 1.54) is 11.3 Å². The molecule has 0 radical (unpaired) electrons. The molecule has 70 valence electrons. The van der Waals surface area contributed by atoms with Crippen LogP contribution in [-0.2, 0) is 0 Å². The summed E-state index contributed by atoms with van der Waals surface area (Å²) in [5.74, 6) is 0. The second-order valence-corrected chi connectivity index (χ2v) is 3.07. The molecule has 1 heteroatoms. The average Bonchev–Trinajstić information content (AvgIpc) is 2.18. The Balaban J connectivity index is 3.04. The van der Waals surface area contributed by atoms with Gasteiger partial charge in [-0.1, -0.05) is 30.4 Å². The molecule has 0 fully saturated rings. The van der Waals surface area contributed by atoms with Crippen LogP contribution in [0.25, 0.3) is 6.08 Å². The standard InChI is InChI=1S/C12H17N/c1-4-8-11-9-6-7-10-12(11)13(3)5-2/h4,6-10H,5H2,1-3H3. The summed E-state index contributed by atoms with van der Waals surface area (Å²) in [7, 11) is 2.11. The minimum absolute atomic E-state index is 1.04. The van der Waals surface area contributed by atoms with Gasteiger partial charge in [-0.15, -0.1) is 0 Å². The summed E-state index contributed by atoms with van der Waals surface area (Å²) in [6.07, 6.45) is 4.21. The molecule has 0 saturated heterocycles. The van der Waals surface area contributed by atoms with Gasteiger partial charge in [-0.05, 0) is 25.5 Å².